The Morgan fingerprint density at radius 2 is 1.82 bits per heavy atom. The summed E-state index contributed by atoms with van der Waals surface area (Å²) in [6.07, 6.45) is -3.92. The van der Waals surface area contributed by atoms with E-state index in [1.807, 2.05) is 11.5 Å². The number of rotatable bonds is 6. The molecule has 3 heterocycles. The highest BCUT2D eigenvalue weighted by Crippen LogP contribution is 2.24. The summed E-state index contributed by atoms with van der Waals surface area (Å²) in [5, 5.41) is 52.2. The maximum Gasteiger partial charge on any atom is 0.229 e. The SMILES string of the molecule is [C-]#[N+]c1ccc(-n2c(C)nc3c(=N)n(/N=C/c4ccc(OC5OC(CO)C(O)C(O)C5O)cc4)cnc32)cc1. The third-order valence-corrected chi connectivity index (χ3v) is 6.31. The van der Waals surface area contributed by atoms with Gasteiger partial charge in [-0.2, -0.15) is 5.10 Å². The van der Waals surface area contributed by atoms with Crippen LogP contribution in [0.25, 0.3) is 21.7 Å². The quantitative estimate of drug-likeness (QED) is 0.178. The van der Waals surface area contributed by atoms with Crippen LogP contribution in [0.3, 0.4) is 0 Å². The topological polar surface area (TPSA) is 176 Å². The lowest BCUT2D eigenvalue weighted by atomic mass is 9.99. The fourth-order valence-corrected chi connectivity index (χ4v) is 4.21. The van der Waals surface area contributed by atoms with Crippen LogP contribution < -0.4 is 10.2 Å². The van der Waals surface area contributed by atoms with E-state index in [9.17, 15) is 20.4 Å². The molecular formula is C26H25N7O6. The predicted molar refractivity (Wildman–Crippen MR) is 138 cm³/mol. The number of ether oxygens (including phenoxy) is 2. The lowest BCUT2D eigenvalue weighted by molar-refractivity contribution is -0.277. The summed E-state index contributed by atoms with van der Waals surface area (Å²) in [6, 6.07) is 13.6. The molecule has 0 saturated carbocycles. The van der Waals surface area contributed by atoms with Gasteiger partial charge < -0.3 is 29.9 Å². The number of hydrogen-bond acceptors (Lipinski definition) is 10. The summed E-state index contributed by atoms with van der Waals surface area (Å²) in [6.45, 7) is 8.38. The van der Waals surface area contributed by atoms with E-state index >= 15 is 0 Å². The van der Waals surface area contributed by atoms with E-state index in [1.165, 1.54) is 17.2 Å². The van der Waals surface area contributed by atoms with Crippen molar-refractivity contribution in [3.8, 4) is 11.4 Å². The van der Waals surface area contributed by atoms with Crippen LogP contribution in [0.4, 0.5) is 5.69 Å². The summed E-state index contributed by atoms with van der Waals surface area (Å²) in [5.74, 6) is 0.956. The molecule has 13 heteroatoms. The number of hydrogen-bond donors (Lipinski definition) is 5. The van der Waals surface area contributed by atoms with Crippen LogP contribution in [0.2, 0.25) is 0 Å². The molecule has 0 aliphatic carbocycles. The zero-order valence-electron chi connectivity index (χ0n) is 20.7. The number of nitrogens with zero attached hydrogens (tertiary/aromatic N) is 6. The maximum atomic E-state index is 10.1. The van der Waals surface area contributed by atoms with Crippen molar-refractivity contribution in [2.24, 2.45) is 5.10 Å². The fraction of sp³-hybridized carbons (Fsp3) is 0.269. The van der Waals surface area contributed by atoms with Crippen LogP contribution in [0, 0.1) is 18.9 Å². The van der Waals surface area contributed by atoms with Gasteiger partial charge in [-0.25, -0.2) is 19.5 Å². The molecule has 0 radical (unpaired) electrons. The van der Waals surface area contributed by atoms with E-state index in [0.29, 0.717) is 34.0 Å². The van der Waals surface area contributed by atoms with Crippen LogP contribution >= 0.6 is 0 Å². The van der Waals surface area contributed by atoms with Gasteiger partial charge in [0.25, 0.3) is 0 Å². The minimum absolute atomic E-state index is 0.0402. The average molecular weight is 532 g/mol. The molecule has 4 aromatic rings. The standard InChI is InChI=1S/C26H25N7O6/c1-14-31-20-24(27)32(13-29-25(20)33(14)17-7-5-16(28-2)6-8-17)30-11-15-3-9-18(10-4-15)38-26-23(37)22(36)21(35)19(12-34)39-26/h3-11,13,19,21-23,26-27,34-37H,12H2,1H3/b27-24?,30-11+. The van der Waals surface area contributed by atoms with E-state index < -0.39 is 37.3 Å². The third kappa shape index (κ3) is 5.02. The second-order valence-electron chi connectivity index (χ2n) is 8.86. The molecule has 5 unspecified atom stereocenters. The Bertz CT molecular complexity index is 1610. The van der Waals surface area contributed by atoms with Gasteiger partial charge in [0.15, 0.2) is 22.3 Å². The Morgan fingerprint density at radius 3 is 2.49 bits per heavy atom. The van der Waals surface area contributed by atoms with Gasteiger partial charge in [-0.1, -0.05) is 12.1 Å². The molecule has 39 heavy (non-hydrogen) atoms. The molecule has 1 aliphatic rings. The number of aromatic nitrogens is 4. The number of imidazole rings is 1. The van der Waals surface area contributed by atoms with E-state index in [1.54, 1.807) is 48.5 Å². The van der Waals surface area contributed by atoms with Gasteiger partial charge in [-0.3, -0.25) is 9.98 Å². The van der Waals surface area contributed by atoms with Crippen molar-refractivity contribution in [1.29, 1.82) is 5.41 Å². The summed E-state index contributed by atoms with van der Waals surface area (Å²) < 4.78 is 14.1. The van der Waals surface area contributed by atoms with Crippen LogP contribution in [0.5, 0.6) is 5.75 Å². The van der Waals surface area contributed by atoms with Crippen molar-refractivity contribution < 1.29 is 29.9 Å². The minimum Gasteiger partial charge on any atom is -0.462 e. The Balaban J connectivity index is 1.33. The molecule has 1 fully saturated rings. The van der Waals surface area contributed by atoms with Crippen LogP contribution in [-0.4, -0.2) is 83.2 Å². The first-order valence-corrected chi connectivity index (χ1v) is 11.9. The van der Waals surface area contributed by atoms with E-state index in [2.05, 4.69) is 19.9 Å². The first-order chi connectivity index (χ1) is 18.8. The van der Waals surface area contributed by atoms with Crippen molar-refractivity contribution in [3.63, 3.8) is 0 Å². The van der Waals surface area contributed by atoms with Gasteiger partial charge in [-0.05, 0) is 48.9 Å². The van der Waals surface area contributed by atoms with E-state index in [0.717, 1.165) is 5.69 Å². The molecule has 200 valence electrons. The van der Waals surface area contributed by atoms with Gasteiger partial charge in [0, 0.05) is 5.69 Å². The van der Waals surface area contributed by atoms with Crippen LogP contribution in [-0.2, 0) is 4.74 Å². The molecule has 1 saturated heterocycles. The maximum absolute atomic E-state index is 10.1. The van der Waals surface area contributed by atoms with Crippen LogP contribution in [0.1, 0.15) is 11.4 Å². The Kier molecular flexibility index (Phi) is 7.20. The van der Waals surface area contributed by atoms with Gasteiger partial charge in [0.05, 0.1) is 19.4 Å². The number of fused-ring (bicyclic) bond motifs is 1. The number of aryl methyl sites for hydroxylation is 1. The van der Waals surface area contributed by atoms with Crippen molar-refractivity contribution in [3.05, 3.63) is 83.2 Å². The summed E-state index contributed by atoms with van der Waals surface area (Å²) in [4.78, 5) is 12.4. The first kappa shape index (κ1) is 26.2. The average Bonchev–Trinajstić information content (AvgIpc) is 3.30. The molecule has 13 nitrogen and oxygen atoms in total. The molecule has 2 aromatic carbocycles. The van der Waals surface area contributed by atoms with E-state index in [-0.39, 0.29) is 5.49 Å². The summed E-state index contributed by atoms with van der Waals surface area (Å²) in [5.41, 5.74) is 2.87. The molecule has 2 aromatic heterocycles. The largest absolute Gasteiger partial charge is 0.462 e. The second-order valence-corrected chi connectivity index (χ2v) is 8.86. The van der Waals surface area contributed by atoms with Crippen molar-refractivity contribution in [2.45, 2.75) is 37.6 Å². The van der Waals surface area contributed by atoms with Gasteiger partial charge in [0.1, 0.15) is 42.3 Å². The van der Waals surface area contributed by atoms with E-state index in [4.69, 9.17) is 21.5 Å². The lowest BCUT2D eigenvalue weighted by Crippen LogP contribution is -2.60. The van der Waals surface area contributed by atoms with Gasteiger partial charge in [-0.15, -0.1) is 0 Å². The highest BCUT2D eigenvalue weighted by atomic mass is 16.7. The van der Waals surface area contributed by atoms with Crippen molar-refractivity contribution in [2.75, 3.05) is 6.61 Å². The Hall–Kier alpha value is -4.45. The second kappa shape index (κ2) is 10.7. The van der Waals surface area contributed by atoms with Crippen molar-refractivity contribution in [1.82, 2.24) is 19.2 Å². The number of nitrogens with one attached hydrogen (secondary N) is 1. The minimum atomic E-state index is -1.53. The molecule has 0 spiro atoms. The predicted octanol–water partition coefficient (Wildman–Crippen LogP) is 0.622. The molecule has 5 rings (SSSR count). The fourth-order valence-electron chi connectivity index (χ4n) is 4.21. The smallest absolute Gasteiger partial charge is 0.229 e. The summed E-state index contributed by atoms with van der Waals surface area (Å²) >= 11 is 0. The third-order valence-electron chi connectivity index (χ3n) is 6.31. The Morgan fingerprint density at radius 1 is 1.10 bits per heavy atom. The van der Waals surface area contributed by atoms with Crippen LogP contribution in [0.15, 0.2) is 60.0 Å². The monoisotopic (exact) mass is 531 g/mol. The molecule has 1 aliphatic heterocycles. The normalized spacial score (nSPS) is 23.2. The molecule has 5 N–H and O–H groups in total. The Labute approximate surface area is 221 Å². The highest BCUT2D eigenvalue weighted by Gasteiger charge is 2.44. The summed E-state index contributed by atoms with van der Waals surface area (Å²) in [7, 11) is 0. The molecule has 5 atom stereocenters. The number of aliphatic hydroxyl groups excluding tert-OH is 4. The van der Waals surface area contributed by atoms with Crippen molar-refractivity contribution >= 4 is 23.1 Å². The first-order valence-electron chi connectivity index (χ1n) is 11.9. The molecule has 0 bridgehead atoms. The lowest BCUT2D eigenvalue weighted by Gasteiger charge is -2.39. The molecular weight excluding hydrogens is 506 g/mol. The highest BCUT2D eigenvalue weighted by molar-refractivity contribution is 5.80. The number of benzene rings is 2. The van der Waals surface area contributed by atoms with Gasteiger partial charge >= 0.3 is 0 Å². The molecule has 0 amide bonds. The number of aliphatic hydroxyl groups is 4. The van der Waals surface area contributed by atoms with Gasteiger partial charge in [0.2, 0.25) is 6.29 Å². The zero-order chi connectivity index (χ0) is 27.7. The zero-order valence-corrected chi connectivity index (χ0v) is 20.7.